The van der Waals surface area contributed by atoms with Crippen molar-refractivity contribution in [1.82, 2.24) is 19.9 Å². The van der Waals surface area contributed by atoms with Crippen molar-refractivity contribution in [2.75, 3.05) is 33.8 Å². The molecule has 5 rings (SSSR count). The molecule has 1 aromatic heterocycles. The molecule has 11 heteroatoms. The number of carbonyl (C=O) groups is 3. The number of benzene rings is 3. The zero-order valence-corrected chi connectivity index (χ0v) is 23.8. The first-order valence-corrected chi connectivity index (χ1v) is 13.8. The Labute approximate surface area is 247 Å². The highest BCUT2D eigenvalue weighted by molar-refractivity contribution is 6.00. The number of esters is 1. The summed E-state index contributed by atoms with van der Waals surface area (Å²) in [6.07, 6.45) is 0.155. The quantitative estimate of drug-likeness (QED) is 0.223. The standard InChI is InChI=1S/C32H31FN4O6/c1-36(2)27(38)20-42-31(41)32(30(39)40)14-16-37(17-15-32)19-21-8-10-23(11-9-21)28-34-29(43-35-28)24-12-13-25(26(33)18-24)22-6-4-3-5-7-22/h3-13,18H,14-17,19-20H2,1-2H3,(H,39,40). The number of carboxylic acid groups (broad SMARTS) is 1. The van der Waals surface area contributed by atoms with Crippen LogP contribution in [0.1, 0.15) is 18.4 Å². The fourth-order valence-electron chi connectivity index (χ4n) is 4.97. The highest BCUT2D eigenvalue weighted by Crippen LogP contribution is 2.34. The highest BCUT2D eigenvalue weighted by Gasteiger charge is 2.49. The Bertz CT molecular complexity index is 1610. The summed E-state index contributed by atoms with van der Waals surface area (Å²) in [5.41, 5.74) is 1.77. The predicted molar refractivity (Wildman–Crippen MR) is 155 cm³/mol. The first-order valence-electron chi connectivity index (χ1n) is 13.8. The molecule has 0 saturated carbocycles. The number of piperidine rings is 1. The summed E-state index contributed by atoms with van der Waals surface area (Å²) in [5, 5.41) is 13.9. The summed E-state index contributed by atoms with van der Waals surface area (Å²) in [4.78, 5) is 44.3. The highest BCUT2D eigenvalue weighted by atomic mass is 19.1. The number of aromatic nitrogens is 2. The number of hydrogen-bond donors (Lipinski definition) is 1. The molecule has 1 amide bonds. The number of likely N-dealkylation sites (tertiary alicyclic amines) is 1. The van der Waals surface area contributed by atoms with E-state index in [1.165, 1.54) is 25.1 Å². The van der Waals surface area contributed by atoms with Gasteiger partial charge < -0.3 is 19.3 Å². The van der Waals surface area contributed by atoms with Crippen molar-refractivity contribution in [2.45, 2.75) is 19.4 Å². The number of aliphatic carboxylic acids is 1. The van der Waals surface area contributed by atoms with Crippen LogP contribution < -0.4 is 0 Å². The summed E-state index contributed by atoms with van der Waals surface area (Å²) >= 11 is 0. The average molecular weight is 587 g/mol. The van der Waals surface area contributed by atoms with Crippen LogP contribution in [0.4, 0.5) is 4.39 Å². The van der Waals surface area contributed by atoms with E-state index in [9.17, 15) is 23.9 Å². The Morgan fingerprint density at radius 2 is 1.65 bits per heavy atom. The SMILES string of the molecule is CN(C)C(=O)COC(=O)C1(C(=O)O)CCN(Cc2ccc(-c3noc(-c4ccc(-c5ccccc5)c(F)c4)n3)cc2)CC1. The fourth-order valence-corrected chi connectivity index (χ4v) is 4.97. The number of likely N-dealkylation sites (N-methyl/N-ethyl adjacent to an activating group) is 1. The molecule has 43 heavy (non-hydrogen) atoms. The lowest BCUT2D eigenvalue weighted by atomic mass is 9.78. The maximum absolute atomic E-state index is 14.8. The van der Waals surface area contributed by atoms with Crippen molar-refractivity contribution < 1.29 is 33.1 Å². The second-order valence-corrected chi connectivity index (χ2v) is 10.7. The van der Waals surface area contributed by atoms with Crippen LogP contribution in [-0.2, 0) is 25.7 Å². The molecule has 0 atom stereocenters. The molecule has 0 radical (unpaired) electrons. The number of carboxylic acids is 1. The Morgan fingerprint density at radius 3 is 2.28 bits per heavy atom. The van der Waals surface area contributed by atoms with E-state index in [1.54, 1.807) is 12.1 Å². The summed E-state index contributed by atoms with van der Waals surface area (Å²) < 4.78 is 25.3. The molecule has 0 spiro atoms. The molecule has 1 saturated heterocycles. The number of halogens is 1. The van der Waals surface area contributed by atoms with Crippen LogP contribution in [0.3, 0.4) is 0 Å². The first kappa shape index (κ1) is 29.6. The van der Waals surface area contributed by atoms with E-state index in [0.29, 0.717) is 36.6 Å². The maximum atomic E-state index is 14.8. The Kier molecular flexibility index (Phi) is 8.63. The number of carbonyl (C=O) groups excluding carboxylic acids is 2. The third-order valence-corrected chi connectivity index (χ3v) is 7.68. The molecule has 2 heterocycles. The summed E-state index contributed by atoms with van der Waals surface area (Å²) in [7, 11) is 3.06. The van der Waals surface area contributed by atoms with Crippen molar-refractivity contribution in [2.24, 2.45) is 5.41 Å². The zero-order valence-electron chi connectivity index (χ0n) is 23.8. The lowest BCUT2D eigenvalue weighted by molar-refractivity contribution is -0.174. The van der Waals surface area contributed by atoms with E-state index in [2.05, 4.69) is 15.0 Å². The maximum Gasteiger partial charge on any atom is 0.324 e. The second-order valence-electron chi connectivity index (χ2n) is 10.7. The lowest BCUT2D eigenvalue weighted by Gasteiger charge is -2.37. The van der Waals surface area contributed by atoms with Gasteiger partial charge in [-0.3, -0.25) is 19.3 Å². The van der Waals surface area contributed by atoms with Crippen molar-refractivity contribution in [3.63, 3.8) is 0 Å². The molecule has 4 aromatic rings. The lowest BCUT2D eigenvalue weighted by Crippen LogP contribution is -2.50. The van der Waals surface area contributed by atoms with Gasteiger partial charge in [-0.25, -0.2) is 4.39 Å². The third kappa shape index (κ3) is 6.46. The topological polar surface area (TPSA) is 126 Å². The van der Waals surface area contributed by atoms with E-state index >= 15 is 0 Å². The van der Waals surface area contributed by atoms with Crippen molar-refractivity contribution in [3.8, 4) is 34.0 Å². The molecule has 10 nitrogen and oxygen atoms in total. The van der Waals surface area contributed by atoms with Gasteiger partial charge in [-0.2, -0.15) is 4.98 Å². The average Bonchev–Trinajstić information content (AvgIpc) is 3.51. The molecule has 3 aromatic carbocycles. The van der Waals surface area contributed by atoms with Crippen molar-refractivity contribution in [1.29, 1.82) is 0 Å². The van der Waals surface area contributed by atoms with Gasteiger partial charge in [-0.05, 0) is 36.1 Å². The van der Waals surface area contributed by atoms with E-state index < -0.39 is 29.9 Å². The van der Waals surface area contributed by atoms with Crippen LogP contribution in [0, 0.1) is 11.2 Å². The van der Waals surface area contributed by atoms with Crippen molar-refractivity contribution in [3.05, 3.63) is 84.2 Å². The van der Waals surface area contributed by atoms with Gasteiger partial charge in [0.05, 0.1) is 0 Å². The Balaban J connectivity index is 1.19. The summed E-state index contributed by atoms with van der Waals surface area (Å²) in [5.74, 6) is -2.36. The molecular formula is C32H31FN4O6. The summed E-state index contributed by atoms with van der Waals surface area (Å²) in [6, 6.07) is 21.6. The van der Waals surface area contributed by atoms with Crippen LogP contribution in [0.5, 0.6) is 0 Å². The van der Waals surface area contributed by atoms with Gasteiger partial charge in [-0.15, -0.1) is 0 Å². The molecule has 1 N–H and O–H groups in total. The van der Waals surface area contributed by atoms with Gasteiger partial charge in [-0.1, -0.05) is 65.8 Å². The molecular weight excluding hydrogens is 555 g/mol. The molecule has 0 bridgehead atoms. The van der Waals surface area contributed by atoms with Gasteiger partial charge in [0, 0.05) is 50.4 Å². The monoisotopic (exact) mass is 586 g/mol. The zero-order chi connectivity index (χ0) is 30.6. The third-order valence-electron chi connectivity index (χ3n) is 7.68. The van der Waals surface area contributed by atoms with E-state index in [0.717, 1.165) is 16.7 Å². The van der Waals surface area contributed by atoms with Gasteiger partial charge >= 0.3 is 11.9 Å². The molecule has 1 aliphatic rings. The minimum atomic E-state index is -1.67. The molecule has 0 aliphatic carbocycles. The second kappa shape index (κ2) is 12.5. The van der Waals surface area contributed by atoms with Crippen LogP contribution >= 0.6 is 0 Å². The molecule has 222 valence electrons. The number of amides is 1. The van der Waals surface area contributed by atoms with Gasteiger partial charge in [0.25, 0.3) is 11.8 Å². The van der Waals surface area contributed by atoms with Gasteiger partial charge in [0.2, 0.25) is 5.82 Å². The summed E-state index contributed by atoms with van der Waals surface area (Å²) in [6.45, 7) is 0.808. The van der Waals surface area contributed by atoms with Crippen LogP contribution in [0.25, 0.3) is 34.0 Å². The normalized spacial score (nSPS) is 14.7. The van der Waals surface area contributed by atoms with Gasteiger partial charge in [0.1, 0.15) is 5.82 Å². The van der Waals surface area contributed by atoms with Gasteiger partial charge in [0.15, 0.2) is 12.0 Å². The van der Waals surface area contributed by atoms with Crippen molar-refractivity contribution >= 4 is 17.8 Å². The number of rotatable bonds is 9. The predicted octanol–water partition coefficient (Wildman–Crippen LogP) is 4.51. The largest absolute Gasteiger partial charge is 0.480 e. The number of nitrogens with zero attached hydrogens (tertiary/aromatic N) is 4. The van der Waals surface area contributed by atoms with Crippen LogP contribution in [0.15, 0.2) is 77.3 Å². The van der Waals surface area contributed by atoms with E-state index in [4.69, 9.17) is 9.26 Å². The molecule has 1 aliphatic heterocycles. The van der Waals surface area contributed by atoms with E-state index in [1.807, 2.05) is 54.6 Å². The number of hydrogen-bond acceptors (Lipinski definition) is 8. The minimum absolute atomic E-state index is 0.0773. The smallest absolute Gasteiger partial charge is 0.324 e. The molecule has 1 fully saturated rings. The fraction of sp³-hybridized carbons (Fsp3) is 0.281. The minimum Gasteiger partial charge on any atom is -0.480 e. The van der Waals surface area contributed by atoms with Crippen LogP contribution in [-0.4, -0.2) is 76.7 Å². The van der Waals surface area contributed by atoms with E-state index in [-0.39, 0.29) is 24.5 Å². The Morgan fingerprint density at radius 1 is 0.977 bits per heavy atom. The van der Waals surface area contributed by atoms with Crippen LogP contribution in [0.2, 0.25) is 0 Å². The first-order chi connectivity index (χ1) is 20.7. The Hall–Kier alpha value is -4.90. The number of ether oxygens (including phenoxy) is 1. The molecule has 0 unspecified atom stereocenters.